The fourth-order valence-corrected chi connectivity index (χ4v) is 3.68. The van der Waals surface area contributed by atoms with Gasteiger partial charge in [0.2, 0.25) is 5.88 Å². The molecule has 11 heteroatoms. The Morgan fingerprint density at radius 2 is 2.00 bits per heavy atom. The summed E-state index contributed by atoms with van der Waals surface area (Å²) >= 11 is 6.17. The lowest BCUT2D eigenvalue weighted by atomic mass is 9.80. The molecule has 1 amide bonds. The molecular formula is C23H22ClFN6O3. The zero-order valence-electron chi connectivity index (χ0n) is 18.7. The molecule has 3 aromatic heterocycles. The van der Waals surface area contributed by atoms with Crippen LogP contribution in [0.5, 0.6) is 5.88 Å². The van der Waals surface area contributed by atoms with Crippen LogP contribution in [0, 0.1) is 5.82 Å². The number of aryl methyl sites for hydroxylation is 1. The van der Waals surface area contributed by atoms with Crippen molar-refractivity contribution >= 4 is 17.5 Å². The summed E-state index contributed by atoms with van der Waals surface area (Å²) in [4.78, 5) is 21.5. The molecule has 0 aliphatic heterocycles. The van der Waals surface area contributed by atoms with Gasteiger partial charge in [0.1, 0.15) is 11.0 Å². The van der Waals surface area contributed by atoms with Crippen molar-refractivity contribution in [3.8, 4) is 17.3 Å². The van der Waals surface area contributed by atoms with Gasteiger partial charge in [-0.1, -0.05) is 22.8 Å². The number of halogens is 2. The largest absolute Gasteiger partial charge is 0.478 e. The number of pyridine rings is 1. The van der Waals surface area contributed by atoms with Crippen molar-refractivity contribution < 1.29 is 18.4 Å². The Morgan fingerprint density at radius 1 is 1.24 bits per heavy atom. The van der Waals surface area contributed by atoms with Gasteiger partial charge in [-0.25, -0.2) is 14.1 Å². The number of carbonyl (C=O) groups is 1. The molecule has 1 atom stereocenters. The first-order valence-corrected chi connectivity index (χ1v) is 10.9. The second-order valence-electron chi connectivity index (χ2n) is 7.71. The Kier molecular flexibility index (Phi) is 6.60. The van der Waals surface area contributed by atoms with Crippen molar-refractivity contribution in [1.29, 1.82) is 0 Å². The molecule has 0 spiro atoms. The normalized spacial score (nSPS) is 12.9. The molecule has 1 N–H and O–H groups in total. The highest BCUT2D eigenvalue weighted by Gasteiger charge is 2.37. The van der Waals surface area contributed by atoms with Gasteiger partial charge in [0.25, 0.3) is 17.6 Å². The Bertz CT molecular complexity index is 1310. The van der Waals surface area contributed by atoms with E-state index < -0.39 is 17.1 Å². The third kappa shape index (κ3) is 4.62. The van der Waals surface area contributed by atoms with Crippen LogP contribution >= 0.6 is 11.6 Å². The van der Waals surface area contributed by atoms with Crippen LogP contribution in [-0.2, 0) is 12.5 Å². The second kappa shape index (κ2) is 9.60. The highest BCUT2D eigenvalue weighted by Crippen LogP contribution is 2.36. The summed E-state index contributed by atoms with van der Waals surface area (Å²) in [5, 5.41) is 11.3. The average Bonchev–Trinajstić information content (AvgIpc) is 3.46. The lowest BCUT2D eigenvalue weighted by Crippen LogP contribution is -2.40. The monoisotopic (exact) mass is 484 g/mol. The topological polar surface area (TPSA) is 108 Å². The van der Waals surface area contributed by atoms with Crippen molar-refractivity contribution in [2.45, 2.75) is 19.3 Å². The Morgan fingerprint density at radius 3 is 2.71 bits per heavy atom. The van der Waals surface area contributed by atoms with Gasteiger partial charge >= 0.3 is 0 Å². The molecule has 4 rings (SSSR count). The zero-order valence-corrected chi connectivity index (χ0v) is 19.5. The quantitative estimate of drug-likeness (QED) is 0.379. The summed E-state index contributed by atoms with van der Waals surface area (Å²) in [5.74, 6) is -0.435. The van der Waals surface area contributed by atoms with Gasteiger partial charge in [0, 0.05) is 24.7 Å². The van der Waals surface area contributed by atoms with Crippen LogP contribution in [0.1, 0.15) is 35.7 Å². The summed E-state index contributed by atoms with van der Waals surface area (Å²) in [6.07, 6.45) is 1.68. The third-order valence-corrected chi connectivity index (χ3v) is 5.57. The van der Waals surface area contributed by atoms with Gasteiger partial charge in [-0.15, -0.1) is 0 Å². The summed E-state index contributed by atoms with van der Waals surface area (Å²) in [7, 11) is 1.77. The minimum atomic E-state index is -0.844. The lowest BCUT2D eigenvalue weighted by molar-refractivity contribution is 0.0933. The first kappa shape index (κ1) is 23.4. The van der Waals surface area contributed by atoms with Crippen LogP contribution in [0.3, 0.4) is 0 Å². The summed E-state index contributed by atoms with van der Waals surface area (Å²) in [6, 6.07) is 10.8. The Hall–Kier alpha value is -3.79. The number of nitrogens with one attached hydrogen (secondary N) is 1. The standard InChI is InChI=1S/C23H22ClFN6O3/c1-4-33-22-16(12-27-31(22)3)23(2,17-6-5-7-18(24)28-17)13-26-20(32)19-29-21(34-30-19)14-8-10-15(25)11-9-14/h5-12H,4,13H2,1-3H3,(H,26,32). The molecule has 0 saturated carbocycles. The predicted octanol–water partition coefficient (Wildman–Crippen LogP) is 3.79. The molecule has 0 radical (unpaired) electrons. The number of ether oxygens (including phenoxy) is 1. The van der Waals surface area contributed by atoms with E-state index in [2.05, 4.69) is 25.5 Å². The van der Waals surface area contributed by atoms with Crippen molar-refractivity contribution in [3.05, 3.63) is 76.7 Å². The number of hydrogen-bond acceptors (Lipinski definition) is 7. The van der Waals surface area contributed by atoms with E-state index in [0.29, 0.717) is 28.9 Å². The van der Waals surface area contributed by atoms with Crippen LogP contribution in [0.2, 0.25) is 5.15 Å². The SMILES string of the molecule is CCOc1c(C(C)(CNC(=O)c2noc(-c3ccc(F)cc3)n2)c2cccc(Cl)n2)cnn1C. The highest BCUT2D eigenvalue weighted by molar-refractivity contribution is 6.29. The number of hydrogen-bond donors (Lipinski definition) is 1. The highest BCUT2D eigenvalue weighted by atomic mass is 35.5. The first-order chi connectivity index (χ1) is 16.3. The fourth-order valence-electron chi connectivity index (χ4n) is 3.51. The molecule has 0 aliphatic carbocycles. The summed E-state index contributed by atoms with van der Waals surface area (Å²) in [5.41, 5.74) is 1.00. The molecule has 3 heterocycles. The van der Waals surface area contributed by atoms with Crippen LogP contribution in [0.4, 0.5) is 4.39 Å². The van der Waals surface area contributed by atoms with Gasteiger partial charge in [0.05, 0.1) is 23.9 Å². The van der Waals surface area contributed by atoms with Crippen LogP contribution in [0.15, 0.2) is 53.2 Å². The molecule has 4 aromatic rings. The Balaban J connectivity index is 1.62. The third-order valence-electron chi connectivity index (χ3n) is 5.36. The van der Waals surface area contributed by atoms with Crippen LogP contribution in [-0.4, -0.2) is 44.0 Å². The van der Waals surface area contributed by atoms with Crippen LogP contribution in [0.25, 0.3) is 11.5 Å². The number of amides is 1. The summed E-state index contributed by atoms with van der Waals surface area (Å²) < 4.78 is 25.8. The number of benzene rings is 1. The summed E-state index contributed by atoms with van der Waals surface area (Å²) in [6.45, 7) is 4.34. The van der Waals surface area contributed by atoms with Crippen molar-refractivity contribution in [2.75, 3.05) is 13.2 Å². The van der Waals surface area contributed by atoms with E-state index in [4.69, 9.17) is 20.9 Å². The van der Waals surface area contributed by atoms with Crippen LogP contribution < -0.4 is 10.1 Å². The van der Waals surface area contributed by atoms with E-state index in [0.717, 1.165) is 5.56 Å². The van der Waals surface area contributed by atoms with E-state index in [1.54, 1.807) is 30.1 Å². The zero-order chi connectivity index (χ0) is 24.3. The number of carbonyl (C=O) groups excluding carboxylic acids is 1. The molecule has 0 aliphatic rings. The molecule has 1 unspecified atom stereocenters. The van der Waals surface area contributed by atoms with Gasteiger partial charge in [-0.2, -0.15) is 10.1 Å². The molecular weight excluding hydrogens is 463 g/mol. The Labute approximate surface area is 199 Å². The molecule has 34 heavy (non-hydrogen) atoms. The maximum Gasteiger partial charge on any atom is 0.292 e. The van der Waals surface area contributed by atoms with E-state index in [1.807, 2.05) is 19.9 Å². The maximum atomic E-state index is 13.2. The van der Waals surface area contributed by atoms with Gasteiger partial charge in [0.15, 0.2) is 0 Å². The predicted molar refractivity (Wildman–Crippen MR) is 122 cm³/mol. The van der Waals surface area contributed by atoms with E-state index in [1.165, 1.54) is 24.3 Å². The molecule has 176 valence electrons. The average molecular weight is 485 g/mol. The van der Waals surface area contributed by atoms with E-state index in [-0.39, 0.29) is 18.3 Å². The number of aromatic nitrogens is 5. The van der Waals surface area contributed by atoms with E-state index in [9.17, 15) is 9.18 Å². The maximum absolute atomic E-state index is 13.2. The number of nitrogens with zero attached hydrogens (tertiary/aromatic N) is 5. The molecule has 0 bridgehead atoms. The molecule has 1 aromatic carbocycles. The van der Waals surface area contributed by atoms with Gasteiger partial charge < -0.3 is 14.6 Å². The number of rotatable bonds is 8. The minimum absolute atomic E-state index is 0.107. The lowest BCUT2D eigenvalue weighted by Gasteiger charge is -2.29. The smallest absolute Gasteiger partial charge is 0.292 e. The molecule has 0 fully saturated rings. The van der Waals surface area contributed by atoms with Crippen molar-refractivity contribution in [2.24, 2.45) is 7.05 Å². The second-order valence-corrected chi connectivity index (χ2v) is 8.10. The first-order valence-electron chi connectivity index (χ1n) is 10.5. The minimum Gasteiger partial charge on any atom is -0.478 e. The van der Waals surface area contributed by atoms with Crippen molar-refractivity contribution in [3.63, 3.8) is 0 Å². The molecule has 9 nitrogen and oxygen atoms in total. The van der Waals surface area contributed by atoms with Gasteiger partial charge in [-0.3, -0.25) is 4.79 Å². The van der Waals surface area contributed by atoms with Crippen molar-refractivity contribution in [1.82, 2.24) is 30.2 Å². The van der Waals surface area contributed by atoms with Gasteiger partial charge in [-0.05, 0) is 50.2 Å². The van der Waals surface area contributed by atoms with E-state index >= 15 is 0 Å². The molecule has 0 saturated heterocycles. The fraction of sp³-hybridized carbons (Fsp3) is 0.261.